The molecule has 0 aromatic heterocycles. The number of benzene rings is 1. The monoisotopic (exact) mass is 409 g/mol. The Balaban J connectivity index is 2.58. The molecule has 0 saturated heterocycles. The highest BCUT2D eigenvalue weighted by Crippen LogP contribution is 2.15. The van der Waals surface area contributed by atoms with E-state index in [1.807, 2.05) is 0 Å². The van der Waals surface area contributed by atoms with Gasteiger partial charge in [-0.1, -0.05) is 12.1 Å². The summed E-state index contributed by atoms with van der Waals surface area (Å²) in [4.78, 5) is 56.9. The van der Waals surface area contributed by atoms with E-state index in [0.717, 1.165) is 0 Å². The van der Waals surface area contributed by atoms with E-state index in [4.69, 9.17) is 4.74 Å². The van der Waals surface area contributed by atoms with Gasteiger partial charge in [-0.15, -0.1) is 0 Å². The summed E-state index contributed by atoms with van der Waals surface area (Å²) in [7, 11) is 2.42. The molecule has 0 spiro atoms. The zero-order chi connectivity index (χ0) is 21.8. The average molecular weight is 409 g/mol. The standard InChI is InChI=1S/C19H23NO9/c1-27-16(22)8-7-15(21)20-14(19(25)26)11-12-3-5-13(6-4-12)29-18(24)10-9-17(23)28-2/h3-6,14H,7-11H2,1-2H3,(H,20,21)(H,25,26). The van der Waals surface area contributed by atoms with Crippen LogP contribution < -0.4 is 10.1 Å². The van der Waals surface area contributed by atoms with Crippen LogP contribution in [0, 0.1) is 0 Å². The molecule has 1 atom stereocenters. The summed E-state index contributed by atoms with van der Waals surface area (Å²) in [5.41, 5.74) is 0.583. The molecule has 158 valence electrons. The maximum atomic E-state index is 11.8. The van der Waals surface area contributed by atoms with Crippen molar-refractivity contribution in [2.75, 3.05) is 14.2 Å². The van der Waals surface area contributed by atoms with Gasteiger partial charge in [0.05, 0.1) is 33.5 Å². The number of amides is 1. The lowest BCUT2D eigenvalue weighted by Crippen LogP contribution is -2.42. The highest BCUT2D eigenvalue weighted by Gasteiger charge is 2.21. The Bertz CT molecular complexity index is 743. The third kappa shape index (κ3) is 9.36. The molecule has 1 aromatic carbocycles. The predicted molar refractivity (Wildman–Crippen MR) is 97.8 cm³/mol. The number of aliphatic carboxylic acids is 1. The number of nitrogens with one attached hydrogen (secondary N) is 1. The molecule has 1 amide bonds. The largest absolute Gasteiger partial charge is 0.480 e. The molecule has 10 nitrogen and oxygen atoms in total. The lowest BCUT2D eigenvalue weighted by molar-refractivity contribution is -0.144. The number of hydrogen-bond acceptors (Lipinski definition) is 8. The van der Waals surface area contributed by atoms with Gasteiger partial charge in [0.1, 0.15) is 11.8 Å². The van der Waals surface area contributed by atoms with Crippen LogP contribution >= 0.6 is 0 Å². The molecule has 0 saturated carbocycles. The minimum Gasteiger partial charge on any atom is -0.480 e. The number of esters is 3. The highest BCUT2D eigenvalue weighted by atomic mass is 16.5. The molecule has 0 aliphatic heterocycles. The van der Waals surface area contributed by atoms with Gasteiger partial charge in [-0.2, -0.15) is 0 Å². The summed E-state index contributed by atoms with van der Waals surface area (Å²) in [5.74, 6) is -3.27. The summed E-state index contributed by atoms with van der Waals surface area (Å²) in [6.45, 7) is 0. The second-order valence-electron chi connectivity index (χ2n) is 5.93. The summed E-state index contributed by atoms with van der Waals surface area (Å²) in [6, 6.07) is 4.87. The molecule has 0 fully saturated rings. The average Bonchev–Trinajstić information content (AvgIpc) is 2.70. The topological polar surface area (TPSA) is 145 Å². The third-order valence-corrected chi connectivity index (χ3v) is 3.77. The molecule has 0 aliphatic carbocycles. The first-order valence-corrected chi connectivity index (χ1v) is 8.70. The van der Waals surface area contributed by atoms with Crippen LogP contribution in [0.15, 0.2) is 24.3 Å². The van der Waals surface area contributed by atoms with E-state index in [-0.39, 0.29) is 37.9 Å². The van der Waals surface area contributed by atoms with Gasteiger partial charge >= 0.3 is 23.9 Å². The van der Waals surface area contributed by atoms with Crippen molar-refractivity contribution in [1.29, 1.82) is 0 Å². The molecular weight excluding hydrogens is 386 g/mol. The molecular formula is C19H23NO9. The summed E-state index contributed by atoms with van der Waals surface area (Å²) < 4.78 is 13.9. The van der Waals surface area contributed by atoms with Crippen LogP contribution in [0.1, 0.15) is 31.2 Å². The maximum Gasteiger partial charge on any atom is 0.326 e. The summed E-state index contributed by atoms with van der Waals surface area (Å²) >= 11 is 0. The smallest absolute Gasteiger partial charge is 0.326 e. The fourth-order valence-electron chi connectivity index (χ4n) is 2.20. The van der Waals surface area contributed by atoms with Gasteiger partial charge in [-0.05, 0) is 17.7 Å². The van der Waals surface area contributed by atoms with Crippen molar-refractivity contribution in [2.45, 2.75) is 38.1 Å². The Labute approximate surface area is 167 Å². The second-order valence-corrected chi connectivity index (χ2v) is 5.93. The first kappa shape index (κ1) is 23.6. The molecule has 0 bridgehead atoms. The second kappa shape index (κ2) is 12.1. The normalized spacial score (nSPS) is 11.1. The van der Waals surface area contributed by atoms with Crippen molar-refractivity contribution in [1.82, 2.24) is 5.32 Å². The first-order chi connectivity index (χ1) is 13.7. The number of rotatable bonds is 11. The third-order valence-electron chi connectivity index (χ3n) is 3.77. The lowest BCUT2D eigenvalue weighted by atomic mass is 10.1. The predicted octanol–water partition coefficient (Wildman–Crippen LogP) is 0.610. The summed E-state index contributed by atoms with van der Waals surface area (Å²) in [5, 5.41) is 11.6. The SMILES string of the molecule is COC(=O)CCC(=O)NC(Cc1ccc(OC(=O)CCC(=O)OC)cc1)C(=O)O. The minimum atomic E-state index is -1.23. The van der Waals surface area contributed by atoms with Gasteiger partial charge < -0.3 is 24.6 Å². The number of carboxylic acid groups (broad SMARTS) is 1. The Kier molecular flexibility index (Phi) is 9.86. The number of carbonyl (C=O) groups excluding carboxylic acids is 4. The number of hydrogen-bond donors (Lipinski definition) is 2. The fraction of sp³-hybridized carbons (Fsp3) is 0.421. The van der Waals surface area contributed by atoms with E-state index < -0.39 is 35.8 Å². The van der Waals surface area contributed by atoms with Crippen LogP contribution in [0.25, 0.3) is 0 Å². The molecule has 10 heteroatoms. The van der Waals surface area contributed by atoms with Crippen molar-refractivity contribution in [3.05, 3.63) is 29.8 Å². The van der Waals surface area contributed by atoms with E-state index >= 15 is 0 Å². The van der Waals surface area contributed by atoms with E-state index in [0.29, 0.717) is 5.56 Å². The Morgan fingerprint density at radius 3 is 1.90 bits per heavy atom. The van der Waals surface area contributed by atoms with Crippen LogP contribution in [-0.2, 0) is 39.9 Å². The molecule has 0 radical (unpaired) electrons. The van der Waals surface area contributed by atoms with Gasteiger partial charge in [0, 0.05) is 12.8 Å². The van der Waals surface area contributed by atoms with Gasteiger partial charge in [0.15, 0.2) is 0 Å². The van der Waals surface area contributed by atoms with Crippen molar-refractivity contribution in [3.8, 4) is 5.75 Å². The molecule has 0 heterocycles. The minimum absolute atomic E-state index is 0.00410. The van der Waals surface area contributed by atoms with Crippen LogP contribution in [-0.4, -0.2) is 55.2 Å². The molecule has 2 N–H and O–H groups in total. The zero-order valence-corrected chi connectivity index (χ0v) is 16.1. The van der Waals surface area contributed by atoms with Crippen molar-refractivity contribution in [2.24, 2.45) is 0 Å². The van der Waals surface area contributed by atoms with Gasteiger partial charge in [0.25, 0.3) is 0 Å². The highest BCUT2D eigenvalue weighted by molar-refractivity contribution is 5.86. The number of carbonyl (C=O) groups is 5. The van der Waals surface area contributed by atoms with Crippen molar-refractivity contribution >= 4 is 29.8 Å². The Morgan fingerprint density at radius 2 is 1.38 bits per heavy atom. The number of methoxy groups -OCH3 is 2. The van der Waals surface area contributed by atoms with E-state index in [1.165, 1.54) is 26.4 Å². The van der Waals surface area contributed by atoms with Gasteiger partial charge in [0.2, 0.25) is 5.91 Å². The van der Waals surface area contributed by atoms with Crippen LogP contribution in [0.2, 0.25) is 0 Å². The van der Waals surface area contributed by atoms with Crippen LogP contribution in [0.4, 0.5) is 0 Å². The first-order valence-electron chi connectivity index (χ1n) is 8.70. The molecule has 29 heavy (non-hydrogen) atoms. The van der Waals surface area contributed by atoms with E-state index in [9.17, 15) is 29.1 Å². The van der Waals surface area contributed by atoms with E-state index in [1.54, 1.807) is 12.1 Å². The number of carboxylic acids is 1. The zero-order valence-electron chi connectivity index (χ0n) is 16.1. The quantitative estimate of drug-likeness (QED) is 0.396. The molecule has 1 unspecified atom stereocenters. The Morgan fingerprint density at radius 1 is 0.862 bits per heavy atom. The van der Waals surface area contributed by atoms with Gasteiger partial charge in [-0.3, -0.25) is 19.2 Å². The molecule has 1 aromatic rings. The van der Waals surface area contributed by atoms with E-state index in [2.05, 4.69) is 14.8 Å². The number of ether oxygens (including phenoxy) is 3. The van der Waals surface area contributed by atoms with Crippen molar-refractivity contribution in [3.63, 3.8) is 0 Å². The van der Waals surface area contributed by atoms with Crippen LogP contribution in [0.3, 0.4) is 0 Å². The maximum absolute atomic E-state index is 11.8. The Hall–Kier alpha value is -3.43. The molecule has 0 aliphatic rings. The van der Waals surface area contributed by atoms with Crippen LogP contribution in [0.5, 0.6) is 5.75 Å². The molecule has 1 rings (SSSR count). The summed E-state index contributed by atoms with van der Waals surface area (Å²) in [6.07, 6.45) is -0.562. The van der Waals surface area contributed by atoms with Crippen molar-refractivity contribution < 1.29 is 43.3 Å². The fourth-order valence-corrected chi connectivity index (χ4v) is 2.20. The lowest BCUT2D eigenvalue weighted by Gasteiger charge is -2.15. The van der Waals surface area contributed by atoms with Gasteiger partial charge in [-0.25, -0.2) is 4.79 Å².